The van der Waals surface area contributed by atoms with Crippen LogP contribution < -0.4 is 15.0 Å². The first-order chi connectivity index (χ1) is 11.6. The third-order valence-corrected chi connectivity index (χ3v) is 4.78. The Morgan fingerprint density at radius 3 is 2.67 bits per heavy atom. The summed E-state index contributed by atoms with van der Waals surface area (Å²) in [6.45, 7) is 4.29. The van der Waals surface area contributed by atoms with Crippen LogP contribution in [-0.4, -0.2) is 49.6 Å². The van der Waals surface area contributed by atoms with Crippen molar-refractivity contribution in [2.24, 2.45) is 5.92 Å². The van der Waals surface area contributed by atoms with E-state index in [-0.39, 0.29) is 18.0 Å². The average Bonchev–Trinajstić information content (AvgIpc) is 2.95. The number of likely N-dealkylation sites (tertiary alicyclic amines) is 1. The first-order valence-corrected chi connectivity index (χ1v) is 8.56. The van der Waals surface area contributed by atoms with Crippen LogP contribution in [0.2, 0.25) is 0 Å². The van der Waals surface area contributed by atoms with E-state index in [0.29, 0.717) is 18.9 Å². The molecule has 0 bridgehead atoms. The van der Waals surface area contributed by atoms with Gasteiger partial charge in [0.05, 0.1) is 13.2 Å². The van der Waals surface area contributed by atoms with Crippen molar-refractivity contribution in [1.29, 1.82) is 0 Å². The fourth-order valence-electron chi connectivity index (χ4n) is 3.46. The summed E-state index contributed by atoms with van der Waals surface area (Å²) in [5.74, 6) is 1.34. The number of anilines is 1. The summed E-state index contributed by atoms with van der Waals surface area (Å²) in [7, 11) is 1.61. The van der Waals surface area contributed by atoms with Gasteiger partial charge in [0, 0.05) is 31.7 Å². The minimum absolute atomic E-state index is 0.0393. The molecule has 0 spiro atoms. The maximum Gasteiger partial charge on any atom is 0.317 e. The third-order valence-electron chi connectivity index (χ3n) is 4.78. The number of benzene rings is 1. The van der Waals surface area contributed by atoms with Crippen molar-refractivity contribution in [2.45, 2.75) is 32.2 Å². The number of rotatable bonds is 3. The van der Waals surface area contributed by atoms with Crippen LogP contribution in [0.25, 0.3) is 0 Å². The number of amides is 3. The number of carbonyl (C=O) groups excluding carboxylic acids is 2. The summed E-state index contributed by atoms with van der Waals surface area (Å²) in [5.41, 5.74) is 0.837. The Hall–Kier alpha value is -2.24. The van der Waals surface area contributed by atoms with Crippen molar-refractivity contribution in [2.75, 3.05) is 31.6 Å². The smallest absolute Gasteiger partial charge is 0.317 e. The molecule has 2 atom stereocenters. The predicted octanol–water partition coefficient (Wildman–Crippen LogP) is 2.24. The number of hydrogen-bond acceptors (Lipinski definition) is 3. The Bertz CT molecular complexity index is 602. The molecule has 0 radical (unpaired) electrons. The number of nitrogens with one attached hydrogen (secondary N) is 1. The van der Waals surface area contributed by atoms with Crippen LogP contribution >= 0.6 is 0 Å². The van der Waals surface area contributed by atoms with Crippen LogP contribution in [0.5, 0.6) is 5.75 Å². The van der Waals surface area contributed by atoms with Gasteiger partial charge in [0.2, 0.25) is 5.91 Å². The summed E-state index contributed by atoms with van der Waals surface area (Å²) in [6.07, 6.45) is 2.58. The Morgan fingerprint density at radius 2 is 2.00 bits per heavy atom. The van der Waals surface area contributed by atoms with E-state index in [4.69, 9.17) is 4.74 Å². The lowest BCUT2D eigenvalue weighted by molar-refractivity contribution is -0.117. The number of urea groups is 1. The molecule has 2 aliphatic rings. The largest absolute Gasteiger partial charge is 0.497 e. The van der Waals surface area contributed by atoms with Crippen molar-refractivity contribution in [3.8, 4) is 5.75 Å². The van der Waals surface area contributed by atoms with E-state index in [1.807, 2.05) is 29.2 Å². The molecule has 0 aromatic heterocycles. The molecule has 2 saturated heterocycles. The Balaban J connectivity index is 1.58. The van der Waals surface area contributed by atoms with Crippen molar-refractivity contribution in [3.05, 3.63) is 24.3 Å². The first-order valence-electron chi connectivity index (χ1n) is 8.56. The van der Waals surface area contributed by atoms with Gasteiger partial charge < -0.3 is 19.9 Å². The van der Waals surface area contributed by atoms with E-state index in [1.54, 1.807) is 12.0 Å². The zero-order valence-electron chi connectivity index (χ0n) is 14.3. The van der Waals surface area contributed by atoms with E-state index >= 15 is 0 Å². The zero-order valence-corrected chi connectivity index (χ0v) is 14.3. The van der Waals surface area contributed by atoms with E-state index in [2.05, 4.69) is 12.2 Å². The maximum atomic E-state index is 12.4. The lowest BCUT2D eigenvalue weighted by atomic mass is 10.0. The fraction of sp³-hybridized carbons (Fsp3) is 0.556. The van der Waals surface area contributed by atoms with Crippen LogP contribution in [-0.2, 0) is 4.79 Å². The van der Waals surface area contributed by atoms with Gasteiger partial charge in [-0.2, -0.15) is 0 Å². The summed E-state index contributed by atoms with van der Waals surface area (Å²) >= 11 is 0. The number of piperidine rings is 1. The molecule has 2 fully saturated rings. The van der Waals surface area contributed by atoms with Gasteiger partial charge in [-0.1, -0.05) is 6.92 Å². The van der Waals surface area contributed by atoms with Gasteiger partial charge in [-0.15, -0.1) is 0 Å². The lowest BCUT2D eigenvalue weighted by Gasteiger charge is -2.31. The van der Waals surface area contributed by atoms with Crippen molar-refractivity contribution in [1.82, 2.24) is 10.2 Å². The summed E-state index contributed by atoms with van der Waals surface area (Å²) in [6, 6.07) is 7.23. The van der Waals surface area contributed by atoms with Gasteiger partial charge in [0.25, 0.3) is 0 Å². The molecule has 6 nitrogen and oxygen atoms in total. The minimum Gasteiger partial charge on any atom is -0.497 e. The van der Waals surface area contributed by atoms with Crippen molar-refractivity contribution >= 4 is 17.6 Å². The Morgan fingerprint density at radius 1 is 1.25 bits per heavy atom. The molecule has 0 saturated carbocycles. The average molecular weight is 331 g/mol. The summed E-state index contributed by atoms with van der Waals surface area (Å²) in [5, 5.41) is 3.02. The van der Waals surface area contributed by atoms with Gasteiger partial charge >= 0.3 is 6.03 Å². The second-order valence-corrected chi connectivity index (χ2v) is 6.75. The molecule has 1 aromatic carbocycles. The second-order valence-electron chi connectivity index (χ2n) is 6.75. The second kappa shape index (κ2) is 7.11. The van der Waals surface area contributed by atoms with Crippen LogP contribution in [0.1, 0.15) is 26.2 Å². The maximum absolute atomic E-state index is 12.4. The first kappa shape index (κ1) is 16.6. The molecule has 6 heteroatoms. The highest BCUT2D eigenvalue weighted by molar-refractivity contribution is 5.96. The third kappa shape index (κ3) is 3.63. The zero-order chi connectivity index (χ0) is 17.1. The molecular weight excluding hydrogens is 306 g/mol. The monoisotopic (exact) mass is 331 g/mol. The molecule has 0 unspecified atom stereocenters. The predicted molar refractivity (Wildman–Crippen MR) is 92.3 cm³/mol. The topological polar surface area (TPSA) is 61.9 Å². The van der Waals surface area contributed by atoms with Crippen LogP contribution in [0.3, 0.4) is 0 Å². The molecule has 0 aliphatic carbocycles. The van der Waals surface area contributed by atoms with Crippen LogP contribution in [0.4, 0.5) is 10.5 Å². The normalized spacial score (nSPS) is 24.2. The molecule has 130 valence electrons. The molecule has 24 heavy (non-hydrogen) atoms. The quantitative estimate of drug-likeness (QED) is 0.924. The van der Waals surface area contributed by atoms with Crippen LogP contribution in [0, 0.1) is 5.92 Å². The number of ether oxygens (including phenoxy) is 1. The number of methoxy groups -OCH3 is 1. The molecule has 2 aliphatic heterocycles. The van der Waals surface area contributed by atoms with E-state index in [0.717, 1.165) is 30.9 Å². The van der Waals surface area contributed by atoms with Gasteiger partial charge in [-0.3, -0.25) is 4.79 Å². The molecule has 1 N–H and O–H groups in total. The van der Waals surface area contributed by atoms with Gasteiger partial charge in [-0.25, -0.2) is 4.79 Å². The van der Waals surface area contributed by atoms with Gasteiger partial charge in [0.1, 0.15) is 5.75 Å². The SMILES string of the molecule is COc1ccc(N2C[C@@H](NC(=O)N3CCC[C@@H](C)C3)CC2=O)cc1. The van der Waals surface area contributed by atoms with Crippen LogP contribution in [0.15, 0.2) is 24.3 Å². The molecule has 3 amide bonds. The van der Waals surface area contributed by atoms with Gasteiger partial charge in [-0.05, 0) is 43.0 Å². The van der Waals surface area contributed by atoms with E-state index in [1.165, 1.54) is 6.42 Å². The fourth-order valence-corrected chi connectivity index (χ4v) is 3.46. The van der Waals surface area contributed by atoms with E-state index in [9.17, 15) is 9.59 Å². The highest BCUT2D eigenvalue weighted by Gasteiger charge is 2.33. The number of hydrogen-bond donors (Lipinski definition) is 1. The highest BCUT2D eigenvalue weighted by Crippen LogP contribution is 2.24. The number of nitrogens with zero attached hydrogens (tertiary/aromatic N) is 2. The molecule has 2 heterocycles. The summed E-state index contributed by atoms with van der Waals surface area (Å²) < 4.78 is 5.14. The molecule has 3 rings (SSSR count). The van der Waals surface area contributed by atoms with Crippen molar-refractivity contribution in [3.63, 3.8) is 0 Å². The van der Waals surface area contributed by atoms with Crippen molar-refractivity contribution < 1.29 is 14.3 Å². The minimum atomic E-state index is -0.135. The van der Waals surface area contributed by atoms with Gasteiger partial charge in [0.15, 0.2) is 0 Å². The molecular formula is C18H25N3O3. The van der Waals surface area contributed by atoms with E-state index < -0.39 is 0 Å². The Labute approximate surface area is 142 Å². The highest BCUT2D eigenvalue weighted by atomic mass is 16.5. The standard InChI is InChI=1S/C18H25N3O3/c1-13-4-3-9-20(11-13)18(23)19-14-10-17(22)21(12-14)15-5-7-16(24-2)8-6-15/h5-8,13-14H,3-4,9-12H2,1-2H3,(H,19,23)/t13-,14+/m1/s1. The summed E-state index contributed by atoms with van der Waals surface area (Å²) in [4.78, 5) is 28.3. The Kier molecular flexibility index (Phi) is 4.92. The molecule has 1 aromatic rings. The number of carbonyl (C=O) groups is 2. The lowest BCUT2D eigenvalue weighted by Crippen LogP contribution is -2.49.